The summed E-state index contributed by atoms with van der Waals surface area (Å²) in [6.07, 6.45) is 3.91. The van der Waals surface area contributed by atoms with Gasteiger partial charge in [0.25, 0.3) is 0 Å². The number of β-amino-alcohol motifs (C(OH)–C–C–N with tert-alkyl or cyclic N) is 1. The molecule has 12 nitrogen and oxygen atoms in total. The zero-order valence-corrected chi connectivity index (χ0v) is 28.0. The molecule has 254 valence electrons. The van der Waals surface area contributed by atoms with Crippen molar-refractivity contribution in [3.8, 4) is 5.75 Å². The molecule has 0 aliphatic carbocycles. The van der Waals surface area contributed by atoms with E-state index < -0.39 is 6.10 Å². The fraction of sp³-hybridized carbons (Fsp3) is 0.543. The molecule has 1 amide bonds. The number of ether oxygens (including phenoxy) is 2. The smallest absolute Gasteiger partial charge is 0.219 e. The number of hydrogen-bond donors (Lipinski definition) is 2. The number of hydrogen-bond acceptors (Lipinski definition) is 11. The van der Waals surface area contributed by atoms with Gasteiger partial charge in [0.15, 0.2) is 17.9 Å². The van der Waals surface area contributed by atoms with Crippen LogP contribution in [0.5, 0.6) is 5.75 Å². The molecule has 3 aromatic rings. The lowest BCUT2D eigenvalue weighted by atomic mass is 9.98. The molecular weight excluding hydrogens is 600 g/mol. The molecule has 0 bridgehead atoms. The van der Waals surface area contributed by atoms with Gasteiger partial charge in [-0.25, -0.2) is 9.97 Å². The lowest BCUT2D eigenvalue weighted by molar-refractivity contribution is -0.129. The number of piperidine rings is 1. The number of rotatable bonds is 15. The number of methoxy groups -OCH3 is 1. The number of aromatic nitrogens is 2. The molecule has 2 aliphatic heterocycles. The standard InChI is InChI=1S/C35H48N6O6/c1-24-33(47-23-36-24)22-46-31-7-5-27-20-40(12-9-26(27)17-31)21-30(43)6-8-32(44)28-18-34(38-35(19-28)39(3)15-16-45-4)37-29-10-13-41(14-11-29)25(2)42/h5,7,17-19,23,29-30,43H,6,8-16,20-22H2,1-4H3,(H,37,38)/t30-/m0/s1. The van der Waals surface area contributed by atoms with Crippen LogP contribution in [0, 0.1) is 6.92 Å². The van der Waals surface area contributed by atoms with Gasteiger partial charge in [-0.3, -0.25) is 14.5 Å². The Morgan fingerprint density at radius 1 is 1.17 bits per heavy atom. The highest BCUT2D eigenvalue weighted by molar-refractivity contribution is 5.97. The molecule has 0 saturated carbocycles. The number of fused-ring (bicyclic) bond motifs is 1. The molecule has 1 fully saturated rings. The van der Waals surface area contributed by atoms with Gasteiger partial charge in [0.1, 0.15) is 24.0 Å². The number of amides is 1. The highest BCUT2D eigenvalue weighted by Gasteiger charge is 2.23. The van der Waals surface area contributed by atoms with Crippen LogP contribution in [0.3, 0.4) is 0 Å². The van der Waals surface area contributed by atoms with Crippen molar-refractivity contribution in [3.63, 3.8) is 0 Å². The van der Waals surface area contributed by atoms with Gasteiger partial charge in [-0.15, -0.1) is 0 Å². The molecule has 0 unspecified atom stereocenters. The quantitative estimate of drug-likeness (QED) is 0.233. The van der Waals surface area contributed by atoms with Crippen LogP contribution >= 0.6 is 0 Å². The Hall–Kier alpha value is -4.00. The molecule has 1 atom stereocenters. The van der Waals surface area contributed by atoms with Gasteiger partial charge in [-0.2, -0.15) is 0 Å². The minimum Gasteiger partial charge on any atom is -0.486 e. The molecule has 0 spiro atoms. The Bertz CT molecular complexity index is 1500. The molecule has 12 heteroatoms. The van der Waals surface area contributed by atoms with Crippen molar-refractivity contribution in [1.29, 1.82) is 0 Å². The number of likely N-dealkylation sites (N-methyl/N-ethyl adjacent to an activating group) is 1. The van der Waals surface area contributed by atoms with Crippen LogP contribution < -0.4 is 15.0 Å². The van der Waals surface area contributed by atoms with Crippen LogP contribution in [-0.4, -0.2) is 102 Å². The zero-order valence-electron chi connectivity index (χ0n) is 28.0. The van der Waals surface area contributed by atoms with Gasteiger partial charge in [-0.1, -0.05) is 6.07 Å². The average molecular weight is 649 g/mol. The van der Waals surface area contributed by atoms with E-state index >= 15 is 0 Å². The van der Waals surface area contributed by atoms with Gasteiger partial charge in [0.05, 0.1) is 18.4 Å². The molecular formula is C35H48N6O6. The number of nitrogens with one attached hydrogen (secondary N) is 1. The summed E-state index contributed by atoms with van der Waals surface area (Å²) in [6.45, 7) is 8.47. The maximum atomic E-state index is 13.4. The first kappa shape index (κ1) is 34.3. The number of nitrogens with zero attached hydrogens (tertiary/aromatic N) is 5. The van der Waals surface area contributed by atoms with Crippen LogP contribution in [0.15, 0.2) is 41.1 Å². The lowest BCUT2D eigenvalue weighted by Gasteiger charge is -2.32. The molecule has 4 heterocycles. The summed E-state index contributed by atoms with van der Waals surface area (Å²) in [4.78, 5) is 40.2. The number of pyridine rings is 1. The molecule has 47 heavy (non-hydrogen) atoms. The number of carbonyl (C=O) groups is 2. The van der Waals surface area contributed by atoms with E-state index in [-0.39, 0.29) is 24.2 Å². The number of anilines is 2. The van der Waals surface area contributed by atoms with E-state index in [1.54, 1.807) is 14.0 Å². The Labute approximate surface area is 277 Å². The molecule has 5 rings (SSSR count). The topological polar surface area (TPSA) is 134 Å². The van der Waals surface area contributed by atoms with Crippen LogP contribution in [-0.2, 0) is 29.1 Å². The average Bonchev–Trinajstić information content (AvgIpc) is 3.49. The Morgan fingerprint density at radius 2 is 1.98 bits per heavy atom. The normalized spacial score (nSPS) is 16.1. The second-order valence-corrected chi connectivity index (χ2v) is 12.6. The highest BCUT2D eigenvalue weighted by Crippen LogP contribution is 2.26. The van der Waals surface area contributed by atoms with Crippen LogP contribution in [0.2, 0.25) is 0 Å². The Balaban J connectivity index is 1.14. The van der Waals surface area contributed by atoms with Crippen molar-refractivity contribution < 1.29 is 28.6 Å². The van der Waals surface area contributed by atoms with Gasteiger partial charge in [0.2, 0.25) is 5.91 Å². The van der Waals surface area contributed by atoms with Gasteiger partial charge in [-0.05, 0) is 68.0 Å². The van der Waals surface area contributed by atoms with Crippen molar-refractivity contribution in [2.24, 2.45) is 0 Å². The first-order chi connectivity index (χ1) is 22.7. The number of aliphatic hydroxyl groups is 1. The molecule has 1 saturated heterocycles. The molecule has 0 radical (unpaired) electrons. The largest absolute Gasteiger partial charge is 0.486 e. The van der Waals surface area contributed by atoms with Crippen molar-refractivity contribution in [1.82, 2.24) is 19.8 Å². The Kier molecular flexibility index (Phi) is 11.8. The SMILES string of the molecule is COCCN(C)c1cc(C(=O)CC[C@H](O)CN2CCc3cc(OCc4ocnc4C)ccc3C2)cc(NC2CCN(C(C)=O)CC2)n1. The molecule has 2 aromatic heterocycles. The highest BCUT2D eigenvalue weighted by atomic mass is 16.5. The van der Waals surface area contributed by atoms with Crippen LogP contribution in [0.4, 0.5) is 11.6 Å². The fourth-order valence-electron chi connectivity index (χ4n) is 6.12. The number of ketones is 1. The summed E-state index contributed by atoms with van der Waals surface area (Å²) in [5, 5.41) is 14.4. The molecule has 1 aromatic carbocycles. The predicted molar refractivity (Wildman–Crippen MR) is 179 cm³/mol. The number of carbonyl (C=O) groups excluding carboxylic acids is 2. The molecule has 2 aliphatic rings. The van der Waals surface area contributed by atoms with E-state index in [9.17, 15) is 14.7 Å². The number of oxazole rings is 1. The van der Waals surface area contributed by atoms with Crippen molar-refractivity contribution in [3.05, 3.63) is 64.9 Å². The maximum absolute atomic E-state index is 13.4. The third-order valence-corrected chi connectivity index (χ3v) is 9.11. The van der Waals surface area contributed by atoms with E-state index in [1.165, 1.54) is 17.5 Å². The number of aliphatic hydroxyl groups excluding tert-OH is 1. The monoisotopic (exact) mass is 648 g/mol. The summed E-state index contributed by atoms with van der Waals surface area (Å²) < 4.78 is 16.5. The van der Waals surface area contributed by atoms with E-state index in [2.05, 4.69) is 27.3 Å². The minimum atomic E-state index is -0.622. The van der Waals surface area contributed by atoms with E-state index in [4.69, 9.17) is 18.9 Å². The number of aryl methyl sites for hydroxylation is 1. The number of Topliss-reactive ketones (excluding diaryl/α,β-unsaturated/α-hetero) is 1. The summed E-state index contributed by atoms with van der Waals surface area (Å²) in [6, 6.07) is 9.94. The third kappa shape index (κ3) is 9.52. The summed E-state index contributed by atoms with van der Waals surface area (Å²) >= 11 is 0. The lowest BCUT2D eigenvalue weighted by Crippen LogP contribution is -2.41. The van der Waals surface area contributed by atoms with Gasteiger partial charge in [0, 0.05) is 78.4 Å². The second-order valence-electron chi connectivity index (χ2n) is 12.6. The van der Waals surface area contributed by atoms with Crippen LogP contribution in [0.1, 0.15) is 65.5 Å². The van der Waals surface area contributed by atoms with Crippen molar-refractivity contribution in [2.75, 3.05) is 63.7 Å². The first-order valence-electron chi connectivity index (χ1n) is 16.5. The first-order valence-corrected chi connectivity index (χ1v) is 16.5. The summed E-state index contributed by atoms with van der Waals surface area (Å²) in [5.41, 5.74) is 3.86. The number of likely N-dealkylation sites (tertiary alicyclic amines) is 1. The Morgan fingerprint density at radius 3 is 2.70 bits per heavy atom. The van der Waals surface area contributed by atoms with E-state index in [1.807, 2.05) is 42.0 Å². The number of benzene rings is 1. The third-order valence-electron chi connectivity index (χ3n) is 9.11. The summed E-state index contributed by atoms with van der Waals surface area (Å²) in [7, 11) is 3.59. The van der Waals surface area contributed by atoms with Crippen LogP contribution in [0.25, 0.3) is 0 Å². The molecule has 2 N–H and O–H groups in total. The minimum absolute atomic E-state index is 0.0284. The zero-order chi connectivity index (χ0) is 33.3. The van der Waals surface area contributed by atoms with E-state index in [0.29, 0.717) is 63.0 Å². The van der Waals surface area contributed by atoms with Crippen molar-refractivity contribution in [2.45, 2.75) is 71.2 Å². The fourth-order valence-corrected chi connectivity index (χ4v) is 6.12. The maximum Gasteiger partial charge on any atom is 0.219 e. The van der Waals surface area contributed by atoms with Gasteiger partial charge < -0.3 is 34.1 Å². The van der Waals surface area contributed by atoms with E-state index in [0.717, 1.165) is 49.6 Å². The predicted octanol–water partition coefficient (Wildman–Crippen LogP) is 3.84. The van der Waals surface area contributed by atoms with Gasteiger partial charge >= 0.3 is 0 Å². The second kappa shape index (κ2) is 16.2. The summed E-state index contributed by atoms with van der Waals surface area (Å²) in [5.74, 6) is 2.92. The van der Waals surface area contributed by atoms with Crippen molar-refractivity contribution >= 4 is 23.3 Å².